The average Bonchev–Trinajstić information content (AvgIpc) is 2.49. The molecule has 1 aliphatic heterocycles. The van der Waals surface area contributed by atoms with Gasteiger partial charge in [0.1, 0.15) is 6.04 Å². The third-order valence-electron chi connectivity index (χ3n) is 4.51. The number of aliphatic hydroxyl groups is 1. The lowest BCUT2D eigenvalue weighted by Crippen LogP contribution is -2.53. The summed E-state index contributed by atoms with van der Waals surface area (Å²) in [5, 5.41) is 18.6. The lowest BCUT2D eigenvalue weighted by Gasteiger charge is -2.34. The summed E-state index contributed by atoms with van der Waals surface area (Å²) in [6, 6.07) is -0.997. The van der Waals surface area contributed by atoms with E-state index in [0.717, 1.165) is 4.31 Å². The SMILES string of the molecule is CCC(CC)(CO)CNS(=O)(=O)N1CCCCC1C(=O)O. The molecule has 0 aromatic heterocycles. The second-order valence-corrected chi connectivity index (χ2v) is 7.36. The Morgan fingerprint density at radius 2 is 1.95 bits per heavy atom. The van der Waals surface area contributed by atoms with Gasteiger partial charge in [-0.1, -0.05) is 13.8 Å². The fourth-order valence-electron chi connectivity index (χ4n) is 2.55. The molecule has 0 spiro atoms. The van der Waals surface area contributed by atoms with Crippen LogP contribution in [0.15, 0.2) is 0 Å². The van der Waals surface area contributed by atoms with Gasteiger partial charge in [-0.2, -0.15) is 12.7 Å². The third-order valence-corrected chi connectivity index (χ3v) is 6.08. The zero-order valence-electron chi connectivity index (χ0n) is 12.7. The Hall–Kier alpha value is -0.700. The molecule has 1 unspecified atom stereocenters. The molecule has 1 atom stereocenters. The topological polar surface area (TPSA) is 107 Å². The van der Waals surface area contributed by atoms with Gasteiger partial charge in [-0.25, -0.2) is 4.72 Å². The monoisotopic (exact) mass is 322 g/mol. The van der Waals surface area contributed by atoms with Crippen LogP contribution in [0.2, 0.25) is 0 Å². The minimum absolute atomic E-state index is 0.106. The van der Waals surface area contributed by atoms with Crippen LogP contribution in [-0.2, 0) is 15.0 Å². The van der Waals surface area contributed by atoms with Crippen molar-refractivity contribution >= 4 is 16.2 Å². The first-order valence-corrected chi connectivity index (χ1v) is 8.86. The number of hydrogen-bond acceptors (Lipinski definition) is 4. The first-order chi connectivity index (χ1) is 9.82. The molecule has 8 heteroatoms. The van der Waals surface area contributed by atoms with Crippen molar-refractivity contribution < 1.29 is 23.4 Å². The van der Waals surface area contributed by atoms with Crippen LogP contribution in [0.25, 0.3) is 0 Å². The maximum absolute atomic E-state index is 12.4. The summed E-state index contributed by atoms with van der Waals surface area (Å²) in [6.07, 6.45) is 3.00. The molecule has 21 heavy (non-hydrogen) atoms. The van der Waals surface area contributed by atoms with E-state index in [2.05, 4.69) is 4.72 Å². The Kier molecular flexibility index (Phi) is 6.58. The number of carboxylic acids is 1. The van der Waals surface area contributed by atoms with E-state index >= 15 is 0 Å². The van der Waals surface area contributed by atoms with Crippen molar-refractivity contribution in [1.29, 1.82) is 0 Å². The van der Waals surface area contributed by atoms with Crippen LogP contribution in [-0.4, -0.2) is 54.6 Å². The van der Waals surface area contributed by atoms with Gasteiger partial charge in [0.25, 0.3) is 10.2 Å². The Morgan fingerprint density at radius 1 is 1.33 bits per heavy atom. The normalized spacial score (nSPS) is 21.4. The van der Waals surface area contributed by atoms with Crippen molar-refractivity contribution in [3.05, 3.63) is 0 Å². The number of hydrogen-bond donors (Lipinski definition) is 3. The van der Waals surface area contributed by atoms with Gasteiger partial charge >= 0.3 is 5.97 Å². The molecule has 0 aromatic rings. The highest BCUT2D eigenvalue weighted by molar-refractivity contribution is 7.87. The molecule has 1 heterocycles. The summed E-state index contributed by atoms with van der Waals surface area (Å²) in [5.41, 5.74) is -0.498. The average molecular weight is 322 g/mol. The van der Waals surface area contributed by atoms with Crippen LogP contribution in [0.1, 0.15) is 46.0 Å². The molecule has 0 saturated carbocycles. The predicted octanol–water partition coefficient (Wildman–Crippen LogP) is 0.559. The molecule has 7 nitrogen and oxygen atoms in total. The van der Waals surface area contributed by atoms with E-state index in [1.807, 2.05) is 13.8 Å². The number of rotatable bonds is 8. The van der Waals surface area contributed by atoms with Crippen molar-refractivity contribution in [2.45, 2.75) is 52.0 Å². The van der Waals surface area contributed by atoms with E-state index < -0.39 is 27.6 Å². The molecule has 124 valence electrons. The van der Waals surface area contributed by atoms with E-state index in [9.17, 15) is 18.3 Å². The number of aliphatic carboxylic acids is 1. The summed E-state index contributed by atoms with van der Waals surface area (Å²) in [4.78, 5) is 11.2. The first kappa shape index (κ1) is 18.3. The van der Waals surface area contributed by atoms with Gasteiger partial charge < -0.3 is 10.2 Å². The highest BCUT2D eigenvalue weighted by Gasteiger charge is 2.38. The number of nitrogens with zero attached hydrogens (tertiary/aromatic N) is 1. The third kappa shape index (κ3) is 4.38. The molecule has 1 fully saturated rings. The highest BCUT2D eigenvalue weighted by atomic mass is 32.2. The molecule has 0 aromatic carbocycles. The molecule has 1 saturated heterocycles. The van der Waals surface area contributed by atoms with Gasteiger partial charge in [-0.3, -0.25) is 4.79 Å². The molecule has 3 N–H and O–H groups in total. The quantitative estimate of drug-likeness (QED) is 0.605. The summed E-state index contributed by atoms with van der Waals surface area (Å²) >= 11 is 0. The van der Waals surface area contributed by atoms with E-state index in [-0.39, 0.29) is 19.7 Å². The summed E-state index contributed by atoms with van der Waals surface area (Å²) < 4.78 is 28.2. The van der Waals surface area contributed by atoms with Crippen LogP contribution < -0.4 is 4.72 Å². The summed E-state index contributed by atoms with van der Waals surface area (Å²) in [7, 11) is -3.85. The standard InChI is InChI=1S/C13H26N2O5S/c1-3-13(4-2,10-16)9-14-21(19,20)15-8-6-5-7-11(15)12(17)18/h11,14,16H,3-10H2,1-2H3,(H,17,18). The van der Waals surface area contributed by atoms with Crippen LogP contribution in [0, 0.1) is 5.41 Å². The number of aliphatic hydroxyl groups excluding tert-OH is 1. The molecule has 0 aliphatic carbocycles. The second-order valence-electron chi connectivity index (χ2n) is 5.65. The zero-order chi connectivity index (χ0) is 16.1. The van der Waals surface area contributed by atoms with E-state index in [0.29, 0.717) is 32.1 Å². The number of carboxylic acid groups (broad SMARTS) is 1. The summed E-state index contributed by atoms with van der Waals surface area (Å²) in [5.74, 6) is -1.11. The fourth-order valence-corrected chi connectivity index (χ4v) is 4.10. The van der Waals surface area contributed by atoms with Crippen LogP contribution in [0.4, 0.5) is 0 Å². The molecule has 0 radical (unpaired) electrons. The maximum atomic E-state index is 12.4. The van der Waals surface area contributed by atoms with Crippen molar-refractivity contribution in [3.63, 3.8) is 0 Å². The molecular formula is C13H26N2O5S. The zero-order valence-corrected chi connectivity index (χ0v) is 13.5. The fraction of sp³-hybridized carbons (Fsp3) is 0.923. The van der Waals surface area contributed by atoms with E-state index in [4.69, 9.17) is 5.11 Å². The molecular weight excluding hydrogens is 296 g/mol. The van der Waals surface area contributed by atoms with E-state index in [1.54, 1.807) is 0 Å². The molecule has 1 rings (SSSR count). The Bertz CT molecular complexity index is 439. The largest absolute Gasteiger partial charge is 0.480 e. The molecule has 0 amide bonds. The second kappa shape index (κ2) is 7.53. The number of piperidine rings is 1. The van der Waals surface area contributed by atoms with Crippen molar-refractivity contribution in [1.82, 2.24) is 9.03 Å². The smallest absolute Gasteiger partial charge is 0.322 e. The summed E-state index contributed by atoms with van der Waals surface area (Å²) in [6.45, 7) is 4.02. The Balaban J connectivity index is 2.82. The van der Waals surface area contributed by atoms with Crippen molar-refractivity contribution in [2.24, 2.45) is 5.41 Å². The highest BCUT2D eigenvalue weighted by Crippen LogP contribution is 2.26. The number of carbonyl (C=O) groups is 1. The van der Waals surface area contributed by atoms with Crippen LogP contribution >= 0.6 is 0 Å². The van der Waals surface area contributed by atoms with Crippen molar-refractivity contribution in [3.8, 4) is 0 Å². The van der Waals surface area contributed by atoms with Gasteiger partial charge in [-0.15, -0.1) is 0 Å². The van der Waals surface area contributed by atoms with Crippen molar-refractivity contribution in [2.75, 3.05) is 19.7 Å². The van der Waals surface area contributed by atoms with Gasteiger partial charge in [0, 0.05) is 25.1 Å². The first-order valence-electron chi connectivity index (χ1n) is 7.42. The minimum Gasteiger partial charge on any atom is -0.480 e. The van der Waals surface area contributed by atoms with Gasteiger partial charge in [0.2, 0.25) is 0 Å². The Labute approximate surface area is 126 Å². The molecule has 0 bridgehead atoms. The lowest BCUT2D eigenvalue weighted by molar-refractivity contribution is -0.142. The van der Waals surface area contributed by atoms with Gasteiger partial charge in [0.15, 0.2) is 0 Å². The van der Waals surface area contributed by atoms with Gasteiger partial charge in [0.05, 0.1) is 0 Å². The predicted molar refractivity (Wildman–Crippen MR) is 79.0 cm³/mol. The van der Waals surface area contributed by atoms with Crippen LogP contribution in [0.5, 0.6) is 0 Å². The van der Waals surface area contributed by atoms with Crippen LogP contribution in [0.3, 0.4) is 0 Å². The Morgan fingerprint density at radius 3 is 2.43 bits per heavy atom. The van der Waals surface area contributed by atoms with Gasteiger partial charge in [-0.05, 0) is 32.1 Å². The molecule has 1 aliphatic rings. The number of nitrogens with one attached hydrogen (secondary N) is 1. The lowest BCUT2D eigenvalue weighted by atomic mass is 9.84. The maximum Gasteiger partial charge on any atom is 0.322 e. The van der Waals surface area contributed by atoms with E-state index in [1.165, 1.54) is 0 Å². The minimum atomic E-state index is -3.85.